The maximum atomic E-state index is 12.6. The number of anilines is 1. The first-order chi connectivity index (χ1) is 15.3. The van der Waals surface area contributed by atoms with Crippen LogP contribution in [0.2, 0.25) is 0 Å². The highest BCUT2D eigenvalue weighted by Crippen LogP contribution is 2.26. The number of aryl methyl sites for hydroxylation is 1. The molecule has 0 saturated heterocycles. The summed E-state index contributed by atoms with van der Waals surface area (Å²) in [5.41, 5.74) is 0.0798. The molecule has 3 rings (SSSR count). The molecule has 12 nitrogen and oxygen atoms in total. The van der Waals surface area contributed by atoms with Crippen LogP contribution in [-0.4, -0.2) is 42.5 Å². The van der Waals surface area contributed by atoms with Crippen LogP contribution in [0.1, 0.15) is 41.7 Å². The summed E-state index contributed by atoms with van der Waals surface area (Å²) in [5, 5.41) is 21.9. The number of para-hydroxylation sites is 2. The highest BCUT2D eigenvalue weighted by molar-refractivity contribution is 6.06. The number of benzene rings is 1. The van der Waals surface area contributed by atoms with Crippen molar-refractivity contribution < 1.29 is 24.0 Å². The average molecular weight is 442 g/mol. The van der Waals surface area contributed by atoms with E-state index in [-0.39, 0.29) is 41.3 Å². The Morgan fingerprint density at radius 1 is 1.19 bits per heavy atom. The van der Waals surface area contributed by atoms with Crippen molar-refractivity contribution in [1.82, 2.24) is 19.6 Å². The summed E-state index contributed by atoms with van der Waals surface area (Å²) in [6.45, 7) is 5.62. The molecule has 32 heavy (non-hydrogen) atoms. The van der Waals surface area contributed by atoms with E-state index >= 15 is 0 Å². The molecular weight excluding hydrogens is 420 g/mol. The largest absolute Gasteiger partial charge is 0.464 e. The number of carbonyl (C=O) groups is 2. The number of nitro groups is 1. The van der Waals surface area contributed by atoms with Crippen molar-refractivity contribution in [2.45, 2.75) is 40.2 Å². The average Bonchev–Trinajstić information content (AvgIpc) is 3.39. The van der Waals surface area contributed by atoms with Gasteiger partial charge in [-0.15, -0.1) is 0 Å². The van der Waals surface area contributed by atoms with Gasteiger partial charge in [-0.3, -0.25) is 19.6 Å². The lowest BCUT2D eigenvalue weighted by Gasteiger charge is -2.08. The van der Waals surface area contributed by atoms with Crippen LogP contribution in [0.5, 0.6) is 5.75 Å². The summed E-state index contributed by atoms with van der Waals surface area (Å²) in [4.78, 5) is 35.4. The molecule has 0 unspecified atom stereocenters. The van der Waals surface area contributed by atoms with Gasteiger partial charge in [0.2, 0.25) is 0 Å². The Morgan fingerprint density at radius 3 is 2.62 bits per heavy atom. The first-order valence-corrected chi connectivity index (χ1v) is 9.78. The molecule has 0 saturated carbocycles. The highest BCUT2D eigenvalue weighted by Gasteiger charge is 2.22. The SMILES string of the molecule is CCn1cc(NC(=O)c2ccn(COc3ccccc3[N+](=O)[O-])n2)c(C(=O)OC(C)C)n1. The quantitative estimate of drug-likeness (QED) is 0.303. The molecule has 0 radical (unpaired) electrons. The highest BCUT2D eigenvalue weighted by atomic mass is 16.6. The minimum Gasteiger partial charge on any atom is -0.464 e. The number of aromatic nitrogens is 4. The lowest BCUT2D eigenvalue weighted by molar-refractivity contribution is -0.386. The predicted octanol–water partition coefficient (Wildman–Crippen LogP) is 2.86. The smallest absolute Gasteiger partial charge is 0.361 e. The summed E-state index contributed by atoms with van der Waals surface area (Å²) in [6, 6.07) is 7.40. The second-order valence-corrected chi connectivity index (χ2v) is 6.89. The van der Waals surface area contributed by atoms with Crippen LogP contribution in [0.15, 0.2) is 42.7 Å². The molecule has 3 aromatic rings. The third-order valence-electron chi connectivity index (χ3n) is 4.16. The number of nitrogens with zero attached hydrogens (tertiary/aromatic N) is 5. The predicted molar refractivity (Wildman–Crippen MR) is 112 cm³/mol. The normalized spacial score (nSPS) is 10.8. The van der Waals surface area contributed by atoms with E-state index in [0.717, 1.165) is 0 Å². The Kier molecular flexibility index (Phi) is 6.83. The molecule has 168 valence electrons. The molecule has 1 N–H and O–H groups in total. The Balaban J connectivity index is 1.70. The molecule has 2 heterocycles. The van der Waals surface area contributed by atoms with Crippen LogP contribution in [0.25, 0.3) is 0 Å². The third-order valence-corrected chi connectivity index (χ3v) is 4.16. The molecule has 0 bridgehead atoms. The second kappa shape index (κ2) is 9.73. The van der Waals surface area contributed by atoms with Crippen molar-refractivity contribution in [3.63, 3.8) is 0 Å². The summed E-state index contributed by atoms with van der Waals surface area (Å²) >= 11 is 0. The van der Waals surface area contributed by atoms with Crippen molar-refractivity contribution >= 4 is 23.3 Å². The van der Waals surface area contributed by atoms with Gasteiger partial charge in [-0.2, -0.15) is 10.2 Å². The fourth-order valence-corrected chi connectivity index (χ4v) is 2.70. The second-order valence-electron chi connectivity index (χ2n) is 6.89. The monoisotopic (exact) mass is 442 g/mol. The first-order valence-electron chi connectivity index (χ1n) is 9.78. The summed E-state index contributed by atoms with van der Waals surface area (Å²) in [6.07, 6.45) is 2.69. The molecule has 1 aromatic carbocycles. The van der Waals surface area contributed by atoms with Crippen LogP contribution in [-0.2, 0) is 18.0 Å². The number of esters is 1. The number of nitrogens with one attached hydrogen (secondary N) is 1. The van der Waals surface area contributed by atoms with Gasteiger partial charge >= 0.3 is 11.7 Å². The number of ether oxygens (including phenoxy) is 2. The van der Waals surface area contributed by atoms with Crippen LogP contribution >= 0.6 is 0 Å². The molecular formula is C20H22N6O6. The zero-order valence-corrected chi connectivity index (χ0v) is 17.7. The van der Waals surface area contributed by atoms with Crippen LogP contribution < -0.4 is 10.1 Å². The van der Waals surface area contributed by atoms with Crippen molar-refractivity contribution in [3.8, 4) is 5.75 Å². The third kappa shape index (κ3) is 5.28. The van der Waals surface area contributed by atoms with Crippen molar-refractivity contribution in [3.05, 3.63) is 64.2 Å². The standard InChI is InChI=1S/C20H22N6O6/c1-4-24-11-15(18(23-24)20(28)32-13(2)3)21-19(27)14-9-10-25(22-14)12-31-17-8-6-5-7-16(17)26(29)30/h5-11,13H,4,12H2,1-3H3,(H,21,27). The number of hydrogen-bond donors (Lipinski definition) is 1. The van der Waals surface area contributed by atoms with Gasteiger partial charge in [0.05, 0.1) is 16.7 Å². The lowest BCUT2D eigenvalue weighted by atomic mass is 10.3. The van der Waals surface area contributed by atoms with E-state index in [0.29, 0.717) is 6.54 Å². The van der Waals surface area contributed by atoms with E-state index in [9.17, 15) is 19.7 Å². The topological polar surface area (TPSA) is 143 Å². The zero-order valence-electron chi connectivity index (χ0n) is 17.7. The summed E-state index contributed by atoms with van der Waals surface area (Å²) in [7, 11) is 0. The van der Waals surface area contributed by atoms with Crippen molar-refractivity contribution in [1.29, 1.82) is 0 Å². The van der Waals surface area contributed by atoms with E-state index in [1.807, 2.05) is 6.92 Å². The van der Waals surface area contributed by atoms with Gasteiger partial charge in [-0.1, -0.05) is 12.1 Å². The lowest BCUT2D eigenvalue weighted by Crippen LogP contribution is -2.18. The molecule has 2 aromatic heterocycles. The first kappa shape index (κ1) is 22.5. The van der Waals surface area contributed by atoms with Gasteiger partial charge in [0.15, 0.2) is 23.9 Å². The summed E-state index contributed by atoms with van der Waals surface area (Å²) < 4.78 is 13.5. The van der Waals surface area contributed by atoms with Crippen molar-refractivity contribution in [2.24, 2.45) is 0 Å². The van der Waals surface area contributed by atoms with Crippen LogP contribution in [0, 0.1) is 10.1 Å². The van der Waals surface area contributed by atoms with E-state index in [4.69, 9.17) is 9.47 Å². The van der Waals surface area contributed by atoms with Gasteiger partial charge in [0.1, 0.15) is 0 Å². The maximum Gasteiger partial charge on any atom is 0.361 e. The molecule has 0 aliphatic rings. The molecule has 12 heteroatoms. The molecule has 0 fully saturated rings. The minimum absolute atomic E-state index is 0.00643. The number of nitro benzene ring substituents is 1. The Hall–Kier alpha value is -4.22. The molecule has 0 aliphatic carbocycles. The van der Waals surface area contributed by atoms with E-state index in [1.54, 1.807) is 19.9 Å². The Morgan fingerprint density at radius 2 is 1.94 bits per heavy atom. The molecule has 1 amide bonds. The fourth-order valence-electron chi connectivity index (χ4n) is 2.70. The van der Waals surface area contributed by atoms with E-state index in [1.165, 1.54) is 46.0 Å². The number of carbonyl (C=O) groups excluding carboxylic acids is 2. The van der Waals surface area contributed by atoms with Crippen LogP contribution in [0.4, 0.5) is 11.4 Å². The van der Waals surface area contributed by atoms with Gasteiger partial charge in [0, 0.05) is 25.0 Å². The van der Waals surface area contributed by atoms with Gasteiger partial charge in [-0.25, -0.2) is 9.48 Å². The van der Waals surface area contributed by atoms with E-state index in [2.05, 4.69) is 15.5 Å². The maximum absolute atomic E-state index is 12.6. The molecule has 0 atom stereocenters. The number of rotatable bonds is 9. The van der Waals surface area contributed by atoms with Gasteiger partial charge < -0.3 is 14.8 Å². The number of hydrogen-bond acceptors (Lipinski definition) is 8. The van der Waals surface area contributed by atoms with Gasteiger partial charge in [-0.05, 0) is 32.9 Å². The summed E-state index contributed by atoms with van der Waals surface area (Å²) in [5.74, 6) is -1.13. The van der Waals surface area contributed by atoms with Crippen LogP contribution in [0.3, 0.4) is 0 Å². The molecule has 0 spiro atoms. The fraction of sp³-hybridized carbons (Fsp3) is 0.300. The van der Waals surface area contributed by atoms with Gasteiger partial charge in [0.25, 0.3) is 5.91 Å². The minimum atomic E-state index is -0.647. The molecule has 0 aliphatic heterocycles. The number of amides is 1. The Labute approximate surface area is 182 Å². The Bertz CT molecular complexity index is 1140. The van der Waals surface area contributed by atoms with Crippen molar-refractivity contribution in [2.75, 3.05) is 5.32 Å². The zero-order chi connectivity index (χ0) is 23.3. The van der Waals surface area contributed by atoms with E-state index < -0.39 is 16.8 Å².